The molecule has 0 radical (unpaired) electrons. The molecule has 2 aromatic rings. The lowest BCUT2D eigenvalue weighted by Gasteiger charge is -1.88. The molecule has 13 heavy (non-hydrogen) atoms. The van der Waals surface area contributed by atoms with Crippen LogP contribution in [0.2, 0.25) is 0 Å². The summed E-state index contributed by atoms with van der Waals surface area (Å²) in [5.74, 6) is 0. The molecule has 0 bridgehead atoms. The van der Waals surface area contributed by atoms with Gasteiger partial charge in [0.2, 0.25) is 0 Å². The number of amides is 1. The maximum absolute atomic E-state index is 10.6. The third-order valence-corrected chi connectivity index (χ3v) is 2.36. The van der Waals surface area contributed by atoms with Crippen LogP contribution in [0.1, 0.15) is 0 Å². The highest BCUT2D eigenvalue weighted by Gasteiger charge is 2.02. The van der Waals surface area contributed by atoms with Gasteiger partial charge in [-0.1, -0.05) is 18.2 Å². The summed E-state index contributed by atoms with van der Waals surface area (Å²) < 4.78 is 0. The number of rotatable bonds is 1. The molecule has 0 unspecified atom stereocenters. The van der Waals surface area contributed by atoms with Crippen LogP contribution >= 0.6 is 11.8 Å². The highest BCUT2D eigenvalue weighted by molar-refractivity contribution is 8.13. The molecule has 66 valence electrons. The summed E-state index contributed by atoms with van der Waals surface area (Å²) in [6.07, 6.45) is 0. The first-order valence-electron chi connectivity index (χ1n) is 3.81. The van der Waals surface area contributed by atoms with Gasteiger partial charge in [-0.05, 0) is 23.9 Å². The summed E-state index contributed by atoms with van der Waals surface area (Å²) in [7, 11) is 0. The fourth-order valence-corrected chi connectivity index (χ4v) is 1.77. The molecule has 3 nitrogen and oxygen atoms in total. The number of benzene rings is 1. The predicted octanol–water partition coefficient (Wildman–Crippen LogP) is 2.34. The van der Waals surface area contributed by atoms with E-state index in [1.54, 1.807) is 0 Å². The molecule has 0 aliphatic rings. The molecule has 0 aliphatic heterocycles. The summed E-state index contributed by atoms with van der Waals surface area (Å²) in [5.41, 5.74) is 6.07. The molecule has 4 heteroatoms. The monoisotopic (exact) mass is 192 g/mol. The number of carbonyl (C=O) groups excluding carboxylic acids is 1. The average Bonchev–Trinajstić information content (AvgIpc) is 2.44. The second-order valence-electron chi connectivity index (χ2n) is 2.64. The summed E-state index contributed by atoms with van der Waals surface area (Å²) in [4.78, 5) is 13.7. The van der Waals surface area contributed by atoms with Crippen LogP contribution in [0.15, 0.2) is 35.4 Å². The minimum atomic E-state index is -0.397. The molecule has 0 saturated carbocycles. The Bertz CT molecular complexity index is 417. The van der Waals surface area contributed by atoms with Crippen molar-refractivity contribution < 1.29 is 4.79 Å². The lowest BCUT2D eigenvalue weighted by Crippen LogP contribution is -2.01. The number of fused-ring (bicyclic) bond motifs is 1. The van der Waals surface area contributed by atoms with Crippen molar-refractivity contribution >= 4 is 27.9 Å². The van der Waals surface area contributed by atoms with E-state index in [0.29, 0.717) is 0 Å². The van der Waals surface area contributed by atoms with Gasteiger partial charge in [-0.2, -0.15) is 0 Å². The number of hydrogen-bond donors (Lipinski definition) is 2. The summed E-state index contributed by atoms with van der Waals surface area (Å²) in [5, 5.41) is 1.48. The van der Waals surface area contributed by atoms with Gasteiger partial charge >= 0.3 is 0 Å². The van der Waals surface area contributed by atoms with Crippen molar-refractivity contribution in [2.45, 2.75) is 5.03 Å². The van der Waals surface area contributed by atoms with Crippen LogP contribution in [-0.4, -0.2) is 10.2 Å². The number of primary amides is 1. The fraction of sp³-hybridized carbons (Fsp3) is 0. The molecule has 2 rings (SSSR count). The van der Waals surface area contributed by atoms with Crippen LogP contribution in [0.4, 0.5) is 4.79 Å². The number of aromatic amines is 1. The Kier molecular flexibility index (Phi) is 1.98. The highest BCUT2D eigenvalue weighted by Crippen LogP contribution is 2.22. The normalized spacial score (nSPS) is 10.5. The fourth-order valence-electron chi connectivity index (χ4n) is 1.21. The van der Waals surface area contributed by atoms with Crippen LogP contribution in [0.25, 0.3) is 10.9 Å². The van der Waals surface area contributed by atoms with Gasteiger partial charge in [0.15, 0.2) is 0 Å². The van der Waals surface area contributed by atoms with E-state index in [1.165, 1.54) is 0 Å². The first kappa shape index (κ1) is 8.19. The average molecular weight is 192 g/mol. The molecule has 1 heterocycles. The highest BCUT2D eigenvalue weighted by atomic mass is 32.2. The van der Waals surface area contributed by atoms with Gasteiger partial charge in [0.25, 0.3) is 5.24 Å². The van der Waals surface area contributed by atoms with Crippen molar-refractivity contribution in [2.75, 3.05) is 0 Å². The Morgan fingerprint density at radius 1 is 1.38 bits per heavy atom. The number of aromatic nitrogens is 1. The Hall–Kier alpha value is -1.42. The number of nitrogens with one attached hydrogen (secondary N) is 1. The molecule has 0 saturated heterocycles. The van der Waals surface area contributed by atoms with Crippen molar-refractivity contribution in [3.8, 4) is 0 Å². The standard InChI is InChI=1S/C9H8N2OS/c10-9(12)13-8-5-6-3-1-2-4-7(6)11-8/h1-5,11H,(H2,10,12). The molecule has 1 aromatic heterocycles. The topological polar surface area (TPSA) is 58.9 Å². The summed E-state index contributed by atoms with van der Waals surface area (Å²) >= 11 is 1.01. The zero-order valence-corrected chi connectivity index (χ0v) is 7.60. The Morgan fingerprint density at radius 2 is 2.15 bits per heavy atom. The van der Waals surface area contributed by atoms with Crippen molar-refractivity contribution in [2.24, 2.45) is 5.73 Å². The number of para-hydroxylation sites is 1. The Labute approximate surface area is 79.3 Å². The van der Waals surface area contributed by atoms with Crippen molar-refractivity contribution in [3.63, 3.8) is 0 Å². The molecular formula is C9H8N2OS. The van der Waals surface area contributed by atoms with Crippen molar-refractivity contribution in [1.82, 2.24) is 4.98 Å². The Morgan fingerprint density at radius 3 is 2.85 bits per heavy atom. The lowest BCUT2D eigenvalue weighted by molar-refractivity contribution is 0.267. The van der Waals surface area contributed by atoms with Crippen LogP contribution in [0.3, 0.4) is 0 Å². The summed E-state index contributed by atoms with van der Waals surface area (Å²) in [6, 6.07) is 9.74. The molecular weight excluding hydrogens is 184 g/mol. The SMILES string of the molecule is NC(=O)Sc1cc2ccccc2[nH]1. The molecule has 0 spiro atoms. The summed E-state index contributed by atoms with van der Waals surface area (Å²) in [6.45, 7) is 0. The van der Waals surface area contributed by atoms with Crippen LogP contribution < -0.4 is 5.73 Å². The second kappa shape index (κ2) is 3.14. The smallest absolute Gasteiger partial charge is 0.282 e. The maximum atomic E-state index is 10.6. The first-order chi connectivity index (χ1) is 6.25. The van der Waals surface area contributed by atoms with E-state index in [9.17, 15) is 4.79 Å². The van der Waals surface area contributed by atoms with Crippen LogP contribution in [0.5, 0.6) is 0 Å². The van der Waals surface area contributed by atoms with Crippen LogP contribution in [0, 0.1) is 0 Å². The van der Waals surface area contributed by atoms with Gasteiger partial charge in [-0.25, -0.2) is 0 Å². The minimum Gasteiger partial charge on any atom is -0.360 e. The van der Waals surface area contributed by atoms with Gasteiger partial charge in [0.1, 0.15) is 0 Å². The number of H-pyrrole nitrogens is 1. The molecule has 3 N–H and O–H groups in total. The van der Waals surface area contributed by atoms with E-state index in [4.69, 9.17) is 5.73 Å². The third kappa shape index (κ3) is 1.67. The molecule has 0 fully saturated rings. The van der Waals surface area contributed by atoms with E-state index in [0.717, 1.165) is 27.7 Å². The van der Waals surface area contributed by atoms with E-state index < -0.39 is 5.24 Å². The van der Waals surface area contributed by atoms with E-state index in [-0.39, 0.29) is 0 Å². The molecule has 0 atom stereocenters. The lowest BCUT2D eigenvalue weighted by atomic mass is 10.3. The molecule has 1 aromatic carbocycles. The van der Waals surface area contributed by atoms with Crippen molar-refractivity contribution in [3.05, 3.63) is 30.3 Å². The molecule has 1 amide bonds. The van der Waals surface area contributed by atoms with Gasteiger partial charge < -0.3 is 10.7 Å². The van der Waals surface area contributed by atoms with Gasteiger partial charge in [0.05, 0.1) is 5.03 Å². The zero-order chi connectivity index (χ0) is 9.26. The van der Waals surface area contributed by atoms with Gasteiger partial charge in [-0.15, -0.1) is 0 Å². The second-order valence-corrected chi connectivity index (χ2v) is 3.69. The Balaban J connectivity index is 2.44. The maximum Gasteiger partial charge on any atom is 0.282 e. The van der Waals surface area contributed by atoms with Gasteiger partial charge in [0, 0.05) is 10.9 Å². The number of thioether (sulfide) groups is 1. The zero-order valence-electron chi connectivity index (χ0n) is 6.78. The third-order valence-electron chi connectivity index (χ3n) is 1.72. The quantitative estimate of drug-likeness (QED) is 0.681. The van der Waals surface area contributed by atoms with Crippen molar-refractivity contribution in [1.29, 1.82) is 0 Å². The van der Waals surface area contributed by atoms with Crippen LogP contribution in [-0.2, 0) is 0 Å². The van der Waals surface area contributed by atoms with E-state index >= 15 is 0 Å². The first-order valence-corrected chi connectivity index (χ1v) is 4.62. The van der Waals surface area contributed by atoms with E-state index in [1.807, 2.05) is 30.3 Å². The largest absolute Gasteiger partial charge is 0.360 e. The number of carbonyl (C=O) groups is 1. The predicted molar refractivity (Wildman–Crippen MR) is 53.7 cm³/mol. The van der Waals surface area contributed by atoms with E-state index in [2.05, 4.69) is 4.98 Å². The minimum absolute atomic E-state index is 0.397. The molecule has 0 aliphatic carbocycles. The number of nitrogens with two attached hydrogens (primary N) is 1. The van der Waals surface area contributed by atoms with Gasteiger partial charge in [-0.3, -0.25) is 4.79 Å². The number of hydrogen-bond acceptors (Lipinski definition) is 2.